The lowest BCUT2D eigenvalue weighted by atomic mass is 10.1. The first-order valence-corrected chi connectivity index (χ1v) is 8.60. The van der Waals surface area contributed by atoms with Crippen LogP contribution < -0.4 is 0 Å². The van der Waals surface area contributed by atoms with E-state index in [4.69, 9.17) is 9.68 Å². The molecule has 1 aromatic carbocycles. The van der Waals surface area contributed by atoms with Crippen molar-refractivity contribution < 1.29 is 18.4 Å². The fourth-order valence-electron chi connectivity index (χ4n) is 2.14. The number of nitrogens with zero attached hydrogens (tertiary/aromatic N) is 2. The zero-order chi connectivity index (χ0) is 18.2. The van der Waals surface area contributed by atoms with Crippen molar-refractivity contribution in [2.45, 2.75) is 24.8 Å². The summed E-state index contributed by atoms with van der Waals surface area (Å²) >= 11 is 1.06. The third-order valence-corrected chi connectivity index (χ3v) is 4.50. The zero-order valence-electron chi connectivity index (χ0n) is 13.7. The number of carbonyl (C=O) groups excluding carboxylic acids is 2. The Morgan fingerprint density at radius 2 is 2.16 bits per heavy atom. The van der Waals surface area contributed by atoms with Gasteiger partial charge in [0.1, 0.15) is 11.6 Å². The Labute approximate surface area is 149 Å². The molecule has 0 fully saturated rings. The lowest BCUT2D eigenvalue weighted by Gasteiger charge is -2.20. The number of amides is 1. The molecule has 0 saturated carbocycles. The highest BCUT2D eigenvalue weighted by atomic mass is 32.2. The number of thioether (sulfide) groups is 1. The number of ketones is 1. The van der Waals surface area contributed by atoms with Gasteiger partial charge in [0.05, 0.1) is 31.1 Å². The molecular weight excluding hydrogens is 343 g/mol. The smallest absolute Gasteiger partial charge is 0.233 e. The van der Waals surface area contributed by atoms with E-state index in [1.165, 1.54) is 36.3 Å². The molecule has 0 aliphatic heterocycles. The molecule has 0 radical (unpaired) electrons. The van der Waals surface area contributed by atoms with Gasteiger partial charge in [0.15, 0.2) is 5.78 Å². The van der Waals surface area contributed by atoms with Gasteiger partial charge in [-0.1, -0.05) is 6.07 Å². The van der Waals surface area contributed by atoms with E-state index in [1.54, 1.807) is 12.1 Å². The Bertz CT molecular complexity index is 784. The van der Waals surface area contributed by atoms with E-state index < -0.39 is 5.82 Å². The van der Waals surface area contributed by atoms with Crippen LogP contribution in [0.2, 0.25) is 0 Å². The van der Waals surface area contributed by atoms with Crippen molar-refractivity contribution in [2.75, 3.05) is 12.3 Å². The Morgan fingerprint density at radius 1 is 1.36 bits per heavy atom. The number of furan rings is 1. The standard InChI is InChI=1S/C18H17FN2O3S/c1-13(22)14-5-6-17(16(19)10-14)25-12-18(23)21(8-3-7-20)11-15-4-2-9-24-15/h2,4-6,9-10H,3,8,11-12H2,1H3. The predicted molar refractivity (Wildman–Crippen MR) is 91.5 cm³/mol. The minimum absolute atomic E-state index is 0.0302. The molecule has 0 unspecified atom stereocenters. The average molecular weight is 360 g/mol. The van der Waals surface area contributed by atoms with E-state index in [1.807, 2.05) is 6.07 Å². The number of benzene rings is 1. The largest absolute Gasteiger partial charge is 0.467 e. The van der Waals surface area contributed by atoms with Crippen molar-refractivity contribution in [3.63, 3.8) is 0 Å². The van der Waals surface area contributed by atoms with Crippen LogP contribution in [0, 0.1) is 17.1 Å². The summed E-state index contributed by atoms with van der Waals surface area (Å²) in [6, 6.07) is 9.69. The quantitative estimate of drug-likeness (QED) is 0.530. The fraction of sp³-hybridized carbons (Fsp3) is 0.278. The molecular formula is C18H17FN2O3S. The van der Waals surface area contributed by atoms with Crippen LogP contribution in [0.15, 0.2) is 45.9 Å². The molecule has 0 bridgehead atoms. The molecule has 0 aliphatic rings. The first-order chi connectivity index (χ1) is 12.0. The van der Waals surface area contributed by atoms with Crippen molar-refractivity contribution >= 4 is 23.5 Å². The van der Waals surface area contributed by atoms with Crippen LogP contribution in [0.1, 0.15) is 29.5 Å². The maximum atomic E-state index is 14.0. The number of Topliss-reactive ketones (excluding diaryl/α,β-unsaturated/α-hetero) is 1. The summed E-state index contributed by atoms with van der Waals surface area (Å²) in [5.41, 5.74) is 0.293. The van der Waals surface area contributed by atoms with Gasteiger partial charge in [0.2, 0.25) is 5.91 Å². The van der Waals surface area contributed by atoms with E-state index in [0.29, 0.717) is 16.2 Å². The molecule has 1 heterocycles. The summed E-state index contributed by atoms with van der Waals surface area (Å²) in [7, 11) is 0. The molecule has 1 aromatic heterocycles. The highest BCUT2D eigenvalue weighted by molar-refractivity contribution is 8.00. The van der Waals surface area contributed by atoms with E-state index in [2.05, 4.69) is 0 Å². The maximum Gasteiger partial charge on any atom is 0.233 e. The van der Waals surface area contributed by atoms with Gasteiger partial charge in [-0.15, -0.1) is 11.8 Å². The lowest BCUT2D eigenvalue weighted by Crippen LogP contribution is -2.32. The summed E-state index contributed by atoms with van der Waals surface area (Å²) in [5, 5.41) is 8.74. The molecule has 7 heteroatoms. The van der Waals surface area contributed by atoms with Gasteiger partial charge in [-0.3, -0.25) is 9.59 Å². The van der Waals surface area contributed by atoms with Crippen LogP contribution >= 0.6 is 11.8 Å². The molecule has 0 N–H and O–H groups in total. The van der Waals surface area contributed by atoms with Crippen molar-refractivity contribution in [1.29, 1.82) is 5.26 Å². The Kier molecular flexibility index (Phi) is 6.78. The van der Waals surface area contributed by atoms with Crippen molar-refractivity contribution in [3.8, 4) is 6.07 Å². The van der Waals surface area contributed by atoms with Crippen LogP contribution in [-0.2, 0) is 11.3 Å². The second kappa shape index (κ2) is 9.04. The first kappa shape index (κ1) is 18.7. The summed E-state index contributed by atoms with van der Waals surface area (Å²) in [4.78, 5) is 25.5. The monoisotopic (exact) mass is 360 g/mol. The second-order valence-electron chi connectivity index (χ2n) is 5.29. The van der Waals surface area contributed by atoms with Gasteiger partial charge in [0, 0.05) is 17.0 Å². The fourth-order valence-corrected chi connectivity index (χ4v) is 2.96. The van der Waals surface area contributed by atoms with Crippen molar-refractivity contribution in [2.24, 2.45) is 0 Å². The molecule has 1 amide bonds. The SMILES string of the molecule is CC(=O)c1ccc(SCC(=O)N(CCC#N)Cc2ccco2)c(F)c1. The molecule has 5 nitrogen and oxygen atoms in total. The van der Waals surface area contributed by atoms with Gasteiger partial charge in [-0.2, -0.15) is 5.26 Å². The third kappa shape index (κ3) is 5.47. The normalized spacial score (nSPS) is 10.3. The van der Waals surface area contributed by atoms with Gasteiger partial charge < -0.3 is 9.32 Å². The van der Waals surface area contributed by atoms with E-state index in [-0.39, 0.29) is 37.0 Å². The number of hydrogen-bond acceptors (Lipinski definition) is 5. The number of rotatable bonds is 8. The second-order valence-corrected chi connectivity index (χ2v) is 6.31. The predicted octanol–water partition coefficient (Wildman–Crippen LogP) is 3.66. The highest BCUT2D eigenvalue weighted by Crippen LogP contribution is 2.23. The molecule has 0 spiro atoms. The zero-order valence-corrected chi connectivity index (χ0v) is 14.5. The molecule has 130 valence electrons. The number of halogens is 1. The summed E-state index contributed by atoms with van der Waals surface area (Å²) < 4.78 is 19.2. The Morgan fingerprint density at radius 3 is 2.76 bits per heavy atom. The van der Waals surface area contributed by atoms with Crippen molar-refractivity contribution in [3.05, 3.63) is 53.7 Å². The van der Waals surface area contributed by atoms with Crippen LogP contribution in [0.3, 0.4) is 0 Å². The molecule has 0 aliphatic carbocycles. The number of hydrogen-bond donors (Lipinski definition) is 0. The third-order valence-electron chi connectivity index (χ3n) is 3.46. The summed E-state index contributed by atoms with van der Waals surface area (Å²) in [6.45, 7) is 1.91. The molecule has 25 heavy (non-hydrogen) atoms. The lowest BCUT2D eigenvalue weighted by molar-refractivity contribution is -0.129. The maximum absolute atomic E-state index is 14.0. The van der Waals surface area contributed by atoms with Gasteiger partial charge in [-0.05, 0) is 31.2 Å². The van der Waals surface area contributed by atoms with Gasteiger partial charge in [-0.25, -0.2) is 4.39 Å². The first-order valence-electron chi connectivity index (χ1n) is 7.61. The number of carbonyl (C=O) groups is 2. The summed E-state index contributed by atoms with van der Waals surface area (Å²) in [6.07, 6.45) is 1.72. The van der Waals surface area contributed by atoms with Gasteiger partial charge in [0.25, 0.3) is 0 Å². The van der Waals surface area contributed by atoms with Crippen molar-refractivity contribution in [1.82, 2.24) is 4.90 Å². The minimum atomic E-state index is -0.528. The van der Waals surface area contributed by atoms with Crippen LogP contribution in [0.4, 0.5) is 4.39 Å². The minimum Gasteiger partial charge on any atom is -0.467 e. The highest BCUT2D eigenvalue weighted by Gasteiger charge is 2.16. The molecule has 2 aromatic rings. The topological polar surface area (TPSA) is 74.3 Å². The van der Waals surface area contributed by atoms with E-state index in [0.717, 1.165) is 11.8 Å². The van der Waals surface area contributed by atoms with E-state index >= 15 is 0 Å². The number of nitriles is 1. The summed E-state index contributed by atoms with van der Waals surface area (Å²) in [5.74, 6) is -0.310. The molecule has 2 rings (SSSR count). The average Bonchev–Trinajstić information content (AvgIpc) is 3.10. The molecule has 0 saturated heterocycles. The van der Waals surface area contributed by atoms with Gasteiger partial charge >= 0.3 is 0 Å². The van der Waals surface area contributed by atoms with Crippen LogP contribution in [0.25, 0.3) is 0 Å². The van der Waals surface area contributed by atoms with Crippen LogP contribution in [-0.4, -0.2) is 28.9 Å². The van der Waals surface area contributed by atoms with Crippen LogP contribution in [0.5, 0.6) is 0 Å². The Balaban J connectivity index is 2.00. The van der Waals surface area contributed by atoms with E-state index in [9.17, 15) is 14.0 Å². The Hall–Kier alpha value is -2.59. The molecule has 0 atom stereocenters.